The van der Waals surface area contributed by atoms with Crippen molar-refractivity contribution < 1.29 is 0 Å². The van der Waals surface area contributed by atoms with Gasteiger partial charge < -0.3 is 0 Å². The molecule has 0 spiro atoms. The van der Waals surface area contributed by atoms with Gasteiger partial charge in [0.1, 0.15) is 0 Å². The average molecular weight is 320 g/mol. The minimum absolute atomic E-state index is 0.362. The lowest BCUT2D eigenvalue weighted by Crippen LogP contribution is -2.06. The summed E-state index contributed by atoms with van der Waals surface area (Å²) < 4.78 is 0. The van der Waals surface area contributed by atoms with E-state index in [1.165, 1.54) is 62.6 Å². The molecule has 0 fully saturated rings. The van der Waals surface area contributed by atoms with Gasteiger partial charge >= 0.3 is 0 Å². The zero-order valence-electron chi connectivity index (χ0n) is 14.5. The summed E-state index contributed by atoms with van der Waals surface area (Å²) in [5, 5.41) is 0. The molecule has 3 rings (SSSR count). The standard InChI is InChI=1S/C22H28N2/c1-2-4-6-8-14-20(22-16-10-12-18-24-22)19(13-7-5-3-1)21-15-9-11-17-23-21/h9-13,15-18,20H,1-8,14H2/b19-13-. The summed E-state index contributed by atoms with van der Waals surface area (Å²) in [6, 6.07) is 12.5. The van der Waals surface area contributed by atoms with Crippen LogP contribution in [0.1, 0.15) is 75.1 Å². The van der Waals surface area contributed by atoms with E-state index in [1.54, 1.807) is 0 Å². The third-order valence-electron chi connectivity index (χ3n) is 4.94. The summed E-state index contributed by atoms with van der Waals surface area (Å²) in [5.74, 6) is 0.362. The molecule has 126 valence electrons. The highest BCUT2D eigenvalue weighted by atomic mass is 14.7. The Kier molecular flexibility index (Phi) is 6.59. The van der Waals surface area contributed by atoms with Gasteiger partial charge in [0.05, 0.1) is 5.69 Å². The van der Waals surface area contributed by atoms with Crippen molar-refractivity contribution in [2.24, 2.45) is 0 Å². The zero-order chi connectivity index (χ0) is 16.5. The number of hydrogen-bond acceptors (Lipinski definition) is 2. The first-order valence-electron chi connectivity index (χ1n) is 9.47. The second kappa shape index (κ2) is 9.36. The fourth-order valence-corrected chi connectivity index (χ4v) is 3.64. The average Bonchev–Trinajstić information content (AvgIpc) is 2.64. The number of aromatic nitrogens is 2. The molecule has 2 heterocycles. The Hall–Kier alpha value is -1.96. The van der Waals surface area contributed by atoms with Crippen molar-refractivity contribution in [2.75, 3.05) is 0 Å². The molecule has 0 amide bonds. The second-order valence-corrected chi connectivity index (χ2v) is 6.73. The number of pyridine rings is 2. The maximum atomic E-state index is 4.68. The minimum Gasteiger partial charge on any atom is -0.261 e. The van der Waals surface area contributed by atoms with E-state index in [1.807, 2.05) is 24.5 Å². The van der Waals surface area contributed by atoms with Crippen LogP contribution in [0.3, 0.4) is 0 Å². The first-order chi connectivity index (χ1) is 11.9. The molecule has 0 aliphatic heterocycles. The van der Waals surface area contributed by atoms with Crippen molar-refractivity contribution in [3.63, 3.8) is 0 Å². The van der Waals surface area contributed by atoms with Gasteiger partial charge in [-0.05, 0) is 49.1 Å². The number of nitrogens with zero attached hydrogens (tertiary/aromatic N) is 2. The number of hydrogen-bond donors (Lipinski definition) is 0. The first kappa shape index (κ1) is 16.9. The van der Waals surface area contributed by atoms with Gasteiger partial charge in [0.2, 0.25) is 0 Å². The predicted octanol–water partition coefficient (Wildman–Crippen LogP) is 6.17. The van der Waals surface area contributed by atoms with E-state index in [-0.39, 0.29) is 0 Å². The maximum absolute atomic E-state index is 4.68. The van der Waals surface area contributed by atoms with Gasteiger partial charge in [-0.25, -0.2) is 0 Å². The van der Waals surface area contributed by atoms with Gasteiger partial charge in [0, 0.05) is 24.0 Å². The molecule has 0 radical (unpaired) electrons. The van der Waals surface area contributed by atoms with Crippen molar-refractivity contribution in [1.82, 2.24) is 9.97 Å². The van der Waals surface area contributed by atoms with Crippen LogP contribution in [0.25, 0.3) is 5.57 Å². The highest BCUT2D eigenvalue weighted by Gasteiger charge is 2.20. The van der Waals surface area contributed by atoms with Crippen LogP contribution in [0.15, 0.2) is 54.9 Å². The summed E-state index contributed by atoms with van der Waals surface area (Å²) in [7, 11) is 0. The molecular formula is C22H28N2. The zero-order valence-corrected chi connectivity index (χ0v) is 14.5. The predicted molar refractivity (Wildman–Crippen MR) is 101 cm³/mol. The van der Waals surface area contributed by atoms with Crippen LogP contribution >= 0.6 is 0 Å². The summed E-state index contributed by atoms with van der Waals surface area (Å²) in [5.41, 5.74) is 3.67. The maximum Gasteiger partial charge on any atom is 0.0665 e. The molecule has 1 aliphatic carbocycles. The molecule has 0 saturated carbocycles. The molecule has 1 aliphatic rings. The lowest BCUT2D eigenvalue weighted by atomic mass is 9.86. The smallest absolute Gasteiger partial charge is 0.0665 e. The Bertz CT molecular complexity index is 619. The van der Waals surface area contributed by atoms with E-state index in [0.717, 1.165) is 12.1 Å². The Labute approximate surface area is 146 Å². The Morgan fingerprint density at radius 2 is 1.42 bits per heavy atom. The molecule has 0 bridgehead atoms. The molecular weight excluding hydrogens is 292 g/mol. The fourth-order valence-electron chi connectivity index (χ4n) is 3.64. The van der Waals surface area contributed by atoms with E-state index in [4.69, 9.17) is 0 Å². The number of allylic oxidation sites excluding steroid dienone is 2. The molecule has 0 saturated heterocycles. The van der Waals surface area contributed by atoms with E-state index < -0.39 is 0 Å². The van der Waals surface area contributed by atoms with Crippen LogP contribution in [-0.4, -0.2) is 9.97 Å². The Morgan fingerprint density at radius 1 is 0.708 bits per heavy atom. The van der Waals surface area contributed by atoms with Crippen molar-refractivity contribution in [3.8, 4) is 0 Å². The normalized spacial score (nSPS) is 22.7. The molecule has 2 aromatic heterocycles. The molecule has 2 heteroatoms. The Morgan fingerprint density at radius 3 is 2.12 bits per heavy atom. The van der Waals surface area contributed by atoms with Gasteiger partial charge in [-0.3, -0.25) is 9.97 Å². The van der Waals surface area contributed by atoms with Crippen LogP contribution in [0.2, 0.25) is 0 Å². The highest BCUT2D eigenvalue weighted by molar-refractivity contribution is 5.68. The summed E-state index contributed by atoms with van der Waals surface area (Å²) in [6.07, 6.45) is 18.0. The quantitative estimate of drug-likeness (QED) is 0.661. The molecule has 0 N–H and O–H groups in total. The van der Waals surface area contributed by atoms with E-state index in [2.05, 4.69) is 40.3 Å². The van der Waals surface area contributed by atoms with Crippen molar-refractivity contribution in [1.29, 1.82) is 0 Å². The molecule has 2 nitrogen and oxygen atoms in total. The SMILES string of the molecule is C1=C(\c2ccccn2)C(c2ccccn2)CCCCCCCCC/1. The van der Waals surface area contributed by atoms with E-state index in [0.29, 0.717) is 5.92 Å². The molecule has 0 aromatic carbocycles. The monoisotopic (exact) mass is 320 g/mol. The molecule has 1 unspecified atom stereocenters. The van der Waals surface area contributed by atoms with Gasteiger partial charge in [-0.15, -0.1) is 0 Å². The van der Waals surface area contributed by atoms with Gasteiger partial charge in [-0.2, -0.15) is 0 Å². The van der Waals surface area contributed by atoms with Crippen LogP contribution in [-0.2, 0) is 0 Å². The van der Waals surface area contributed by atoms with Crippen molar-refractivity contribution >= 4 is 5.57 Å². The summed E-state index contributed by atoms with van der Waals surface area (Å²) >= 11 is 0. The van der Waals surface area contributed by atoms with Gasteiger partial charge in [0.15, 0.2) is 0 Å². The Balaban J connectivity index is 1.93. The first-order valence-corrected chi connectivity index (χ1v) is 9.47. The van der Waals surface area contributed by atoms with E-state index in [9.17, 15) is 0 Å². The molecule has 2 aromatic rings. The number of rotatable bonds is 2. The van der Waals surface area contributed by atoms with Gasteiger partial charge in [0.25, 0.3) is 0 Å². The highest BCUT2D eigenvalue weighted by Crippen LogP contribution is 2.35. The van der Waals surface area contributed by atoms with Crippen molar-refractivity contribution in [2.45, 2.75) is 63.7 Å². The second-order valence-electron chi connectivity index (χ2n) is 6.73. The van der Waals surface area contributed by atoms with Crippen LogP contribution in [0.5, 0.6) is 0 Å². The third kappa shape index (κ3) is 4.77. The lowest BCUT2D eigenvalue weighted by molar-refractivity contribution is 0.552. The lowest BCUT2D eigenvalue weighted by Gasteiger charge is -2.21. The van der Waals surface area contributed by atoms with Crippen LogP contribution < -0.4 is 0 Å². The van der Waals surface area contributed by atoms with Gasteiger partial charge in [-0.1, -0.05) is 56.7 Å². The largest absolute Gasteiger partial charge is 0.261 e. The third-order valence-corrected chi connectivity index (χ3v) is 4.94. The van der Waals surface area contributed by atoms with Crippen LogP contribution in [0.4, 0.5) is 0 Å². The van der Waals surface area contributed by atoms with E-state index >= 15 is 0 Å². The molecule has 24 heavy (non-hydrogen) atoms. The van der Waals surface area contributed by atoms with Crippen molar-refractivity contribution in [3.05, 3.63) is 66.3 Å². The van der Waals surface area contributed by atoms with Crippen LogP contribution in [0, 0.1) is 0 Å². The fraction of sp³-hybridized carbons (Fsp3) is 0.455. The minimum atomic E-state index is 0.362. The summed E-state index contributed by atoms with van der Waals surface area (Å²) in [4.78, 5) is 9.33. The summed E-state index contributed by atoms with van der Waals surface area (Å²) in [6.45, 7) is 0. The topological polar surface area (TPSA) is 25.8 Å². The molecule has 1 atom stereocenters.